The van der Waals surface area contributed by atoms with Crippen LogP contribution in [-0.2, 0) is 0 Å². The molecule has 0 aromatic heterocycles. The summed E-state index contributed by atoms with van der Waals surface area (Å²) in [6, 6.07) is 18.0. The number of benzene rings is 2. The third kappa shape index (κ3) is 7.15. The van der Waals surface area contributed by atoms with Crippen LogP contribution in [-0.4, -0.2) is 6.61 Å². The minimum atomic E-state index is 0.686. The molecule has 0 spiro atoms. The minimum absolute atomic E-state index is 0.686. The Hall–Kier alpha value is -2.53. The second-order valence-corrected chi connectivity index (χ2v) is 6.61. The number of hydrogen-bond acceptors (Lipinski definition) is 2. The number of allylic oxidation sites excluding steroid dienone is 1. The first kappa shape index (κ1) is 19.8. The largest absolute Gasteiger partial charge is 0.494 e. The van der Waals surface area contributed by atoms with Gasteiger partial charge in [0.15, 0.2) is 0 Å². The summed E-state index contributed by atoms with van der Waals surface area (Å²) in [6.45, 7) is 4.54. The highest BCUT2D eigenvalue weighted by Crippen LogP contribution is 2.23. The molecule has 2 rings (SSSR count). The molecule has 0 fully saturated rings. The van der Waals surface area contributed by atoms with E-state index in [-0.39, 0.29) is 0 Å². The van der Waals surface area contributed by atoms with E-state index in [2.05, 4.69) is 24.8 Å². The first-order chi connectivity index (χ1) is 12.8. The third-order valence-electron chi connectivity index (χ3n) is 4.52. The van der Waals surface area contributed by atoms with Gasteiger partial charge in [0.1, 0.15) is 5.75 Å². The Labute approximate surface area is 158 Å². The summed E-state index contributed by atoms with van der Waals surface area (Å²) in [5.74, 6) is 0.923. The van der Waals surface area contributed by atoms with E-state index >= 15 is 0 Å². The van der Waals surface area contributed by atoms with Crippen LogP contribution in [0.15, 0.2) is 61.2 Å². The Balaban J connectivity index is 1.62. The summed E-state index contributed by atoms with van der Waals surface area (Å²) in [4.78, 5) is 0. The lowest BCUT2D eigenvalue weighted by Gasteiger charge is -2.08. The molecule has 0 aliphatic heterocycles. The van der Waals surface area contributed by atoms with Gasteiger partial charge < -0.3 is 4.74 Å². The van der Waals surface area contributed by atoms with Crippen molar-refractivity contribution in [1.29, 1.82) is 5.26 Å². The highest BCUT2D eigenvalue weighted by atomic mass is 16.5. The zero-order valence-electron chi connectivity index (χ0n) is 15.6. The van der Waals surface area contributed by atoms with Gasteiger partial charge in [0.05, 0.1) is 18.2 Å². The lowest BCUT2D eigenvalue weighted by molar-refractivity contribution is 0.304. The number of rotatable bonds is 12. The van der Waals surface area contributed by atoms with Gasteiger partial charge in [0.25, 0.3) is 0 Å². The van der Waals surface area contributed by atoms with Crippen LogP contribution in [0, 0.1) is 11.3 Å². The van der Waals surface area contributed by atoms with Gasteiger partial charge in [0, 0.05) is 0 Å². The molecular weight excluding hydrogens is 318 g/mol. The van der Waals surface area contributed by atoms with Gasteiger partial charge in [-0.3, -0.25) is 0 Å². The Bertz CT molecular complexity index is 680. The molecule has 2 aromatic carbocycles. The van der Waals surface area contributed by atoms with Crippen LogP contribution in [0.4, 0.5) is 0 Å². The summed E-state index contributed by atoms with van der Waals surface area (Å²) >= 11 is 0. The maximum atomic E-state index is 8.86. The van der Waals surface area contributed by atoms with Crippen LogP contribution in [0.3, 0.4) is 0 Å². The van der Waals surface area contributed by atoms with Gasteiger partial charge in [-0.1, -0.05) is 62.4 Å². The van der Waals surface area contributed by atoms with Gasteiger partial charge >= 0.3 is 0 Å². The van der Waals surface area contributed by atoms with E-state index in [4.69, 9.17) is 10.00 Å². The van der Waals surface area contributed by atoms with Gasteiger partial charge in [-0.2, -0.15) is 5.26 Å². The minimum Gasteiger partial charge on any atom is -0.494 e. The molecule has 0 aliphatic carbocycles. The molecule has 2 aromatic rings. The predicted octanol–water partition coefficient (Wildman–Crippen LogP) is 6.91. The number of nitriles is 1. The summed E-state index contributed by atoms with van der Waals surface area (Å²) in [5, 5.41) is 8.86. The molecular formula is C24H29NO. The van der Waals surface area contributed by atoms with E-state index in [1.807, 2.05) is 42.5 Å². The topological polar surface area (TPSA) is 33.0 Å². The summed E-state index contributed by atoms with van der Waals surface area (Å²) < 4.78 is 5.84. The predicted molar refractivity (Wildman–Crippen MR) is 109 cm³/mol. The monoisotopic (exact) mass is 347 g/mol. The fourth-order valence-corrected chi connectivity index (χ4v) is 2.95. The van der Waals surface area contributed by atoms with Crippen molar-refractivity contribution in [3.8, 4) is 22.9 Å². The maximum Gasteiger partial charge on any atom is 0.119 e. The van der Waals surface area contributed by atoms with E-state index in [1.165, 1.54) is 38.5 Å². The van der Waals surface area contributed by atoms with Crippen LogP contribution in [0.25, 0.3) is 11.1 Å². The van der Waals surface area contributed by atoms with Crippen LogP contribution in [0.5, 0.6) is 5.75 Å². The van der Waals surface area contributed by atoms with Crippen molar-refractivity contribution in [1.82, 2.24) is 0 Å². The number of unbranched alkanes of at least 4 members (excludes halogenated alkanes) is 7. The highest BCUT2D eigenvalue weighted by Gasteiger charge is 2.00. The second-order valence-electron chi connectivity index (χ2n) is 6.61. The molecule has 0 radical (unpaired) electrons. The molecule has 0 N–H and O–H groups in total. The van der Waals surface area contributed by atoms with Crippen molar-refractivity contribution in [2.45, 2.75) is 51.4 Å². The zero-order valence-corrected chi connectivity index (χ0v) is 15.6. The third-order valence-corrected chi connectivity index (χ3v) is 4.52. The summed E-state index contributed by atoms with van der Waals surface area (Å²) in [5.41, 5.74) is 2.94. The quantitative estimate of drug-likeness (QED) is 0.309. The first-order valence-electron chi connectivity index (χ1n) is 9.68. The number of hydrogen-bond donors (Lipinski definition) is 0. The summed E-state index contributed by atoms with van der Waals surface area (Å²) in [7, 11) is 0. The van der Waals surface area contributed by atoms with Crippen LogP contribution < -0.4 is 4.74 Å². The standard InChI is InChI=1S/C24H29NO/c1-2-3-4-5-6-7-8-9-10-19-26-24-17-15-23(16-18-24)22-13-11-21(20-25)12-14-22/h2,11-18H,1,3-10,19H2. The van der Waals surface area contributed by atoms with Gasteiger partial charge in [0.2, 0.25) is 0 Å². The molecule has 0 bridgehead atoms. The Morgan fingerprint density at radius 3 is 1.88 bits per heavy atom. The summed E-state index contributed by atoms with van der Waals surface area (Å²) in [6.07, 6.45) is 12.1. The lowest BCUT2D eigenvalue weighted by Crippen LogP contribution is -1.97. The van der Waals surface area contributed by atoms with Crippen LogP contribution in [0.2, 0.25) is 0 Å². The van der Waals surface area contributed by atoms with E-state index in [0.29, 0.717) is 5.56 Å². The molecule has 0 saturated heterocycles. The smallest absolute Gasteiger partial charge is 0.119 e. The van der Waals surface area contributed by atoms with E-state index in [9.17, 15) is 0 Å². The number of ether oxygens (including phenoxy) is 1. The molecule has 0 unspecified atom stereocenters. The van der Waals surface area contributed by atoms with Crippen molar-refractivity contribution < 1.29 is 4.74 Å². The average molecular weight is 348 g/mol. The SMILES string of the molecule is C=CCCCCCCCCCOc1ccc(-c2ccc(C#N)cc2)cc1. The molecule has 136 valence electrons. The first-order valence-corrected chi connectivity index (χ1v) is 9.68. The molecule has 0 saturated carbocycles. The van der Waals surface area contributed by atoms with Crippen molar-refractivity contribution in [2.24, 2.45) is 0 Å². The van der Waals surface area contributed by atoms with Gasteiger partial charge in [-0.25, -0.2) is 0 Å². The van der Waals surface area contributed by atoms with Crippen LogP contribution >= 0.6 is 0 Å². The van der Waals surface area contributed by atoms with Gasteiger partial charge in [-0.05, 0) is 54.7 Å². The normalized spacial score (nSPS) is 10.3. The van der Waals surface area contributed by atoms with E-state index in [0.717, 1.165) is 36.3 Å². The maximum absolute atomic E-state index is 8.86. The molecule has 0 amide bonds. The average Bonchev–Trinajstić information content (AvgIpc) is 2.70. The lowest BCUT2D eigenvalue weighted by atomic mass is 10.0. The van der Waals surface area contributed by atoms with Crippen molar-refractivity contribution in [3.05, 3.63) is 66.7 Å². The van der Waals surface area contributed by atoms with Gasteiger partial charge in [-0.15, -0.1) is 6.58 Å². The second kappa shape index (κ2) is 11.9. The zero-order chi connectivity index (χ0) is 18.5. The van der Waals surface area contributed by atoms with E-state index < -0.39 is 0 Å². The fourth-order valence-electron chi connectivity index (χ4n) is 2.95. The molecule has 2 heteroatoms. The fraction of sp³-hybridized carbons (Fsp3) is 0.375. The van der Waals surface area contributed by atoms with Crippen LogP contribution in [0.1, 0.15) is 56.9 Å². The van der Waals surface area contributed by atoms with Crippen molar-refractivity contribution in [2.75, 3.05) is 6.61 Å². The van der Waals surface area contributed by atoms with Crippen molar-refractivity contribution >= 4 is 0 Å². The molecule has 0 atom stereocenters. The highest BCUT2D eigenvalue weighted by molar-refractivity contribution is 5.64. The van der Waals surface area contributed by atoms with Crippen molar-refractivity contribution in [3.63, 3.8) is 0 Å². The Morgan fingerprint density at radius 2 is 1.31 bits per heavy atom. The molecule has 26 heavy (non-hydrogen) atoms. The molecule has 0 heterocycles. The number of nitrogens with zero attached hydrogens (tertiary/aromatic N) is 1. The van der Waals surface area contributed by atoms with E-state index in [1.54, 1.807) is 0 Å². The Kier molecular flexibility index (Phi) is 9.08. The molecule has 0 aliphatic rings. The Morgan fingerprint density at radius 1 is 0.769 bits per heavy atom. The molecule has 2 nitrogen and oxygen atoms in total.